The molecule has 2 atom stereocenters. The number of amides is 1. The molecule has 1 amide bonds. The van der Waals surface area contributed by atoms with E-state index in [-0.39, 0.29) is 56.9 Å². The molecule has 23 heavy (non-hydrogen) atoms. The molecule has 0 saturated heterocycles. The van der Waals surface area contributed by atoms with Crippen LogP contribution in [0.1, 0.15) is 12.8 Å². The number of methoxy groups -OCH3 is 1. The summed E-state index contributed by atoms with van der Waals surface area (Å²) in [4.78, 5) is 24.4. The highest BCUT2D eigenvalue weighted by Gasteiger charge is 2.15. The van der Waals surface area contributed by atoms with Crippen LogP contribution >= 0.6 is 0 Å². The van der Waals surface area contributed by atoms with Crippen LogP contribution in [0.3, 0.4) is 0 Å². The normalized spacial score (nSPS) is 13.3. The number of hydrogen-bond acceptors (Lipinski definition) is 7. The third-order valence-electron chi connectivity index (χ3n) is 2.50. The fourth-order valence-corrected chi connectivity index (χ4v) is 1.96. The van der Waals surface area contributed by atoms with E-state index in [4.69, 9.17) is 18.6 Å². The zero-order chi connectivity index (χ0) is 17.7. The number of carbonyl (C=O) groups excluding carboxylic acids is 2. The highest BCUT2D eigenvalue weighted by Crippen LogP contribution is 2.00. The Balaban J connectivity index is 4.28. The molecule has 0 bridgehead atoms. The lowest BCUT2D eigenvalue weighted by atomic mass is 10.2. The second kappa shape index (κ2) is 13.5. The van der Waals surface area contributed by atoms with E-state index in [1.165, 1.54) is 12.0 Å². The molecule has 0 saturated carbocycles. The van der Waals surface area contributed by atoms with Crippen molar-refractivity contribution in [2.45, 2.75) is 12.8 Å². The predicted octanol–water partition coefficient (Wildman–Crippen LogP) is -0.840. The van der Waals surface area contributed by atoms with E-state index >= 15 is 0 Å². The maximum Gasteiger partial charge on any atom is 0.306 e. The first-order chi connectivity index (χ1) is 10.9. The van der Waals surface area contributed by atoms with Crippen LogP contribution in [-0.4, -0.2) is 79.6 Å². The first-order valence-electron chi connectivity index (χ1n) is 6.51. The Kier molecular flexibility index (Phi) is 13.0. The van der Waals surface area contributed by atoms with Gasteiger partial charge in [0, 0.05) is 19.5 Å². The Hall–Kier alpha value is -0.920. The first-order valence-corrected chi connectivity index (χ1v) is 9.07. The van der Waals surface area contributed by atoms with Crippen LogP contribution in [-0.2, 0) is 46.0 Å². The molecule has 0 aromatic rings. The average molecular weight is 375 g/mol. The summed E-state index contributed by atoms with van der Waals surface area (Å²) in [5, 5.41) is 0. The summed E-state index contributed by atoms with van der Waals surface area (Å²) >= 11 is -4.17. The SMILES string of the molecule is COC(=O)CCC(=O)N(CCOCS(=O)O)CCOCS(=O)O. The number of ether oxygens (including phenoxy) is 3. The van der Waals surface area contributed by atoms with Crippen molar-refractivity contribution in [2.24, 2.45) is 0 Å². The van der Waals surface area contributed by atoms with E-state index in [0.29, 0.717) is 0 Å². The van der Waals surface area contributed by atoms with Crippen molar-refractivity contribution >= 4 is 34.0 Å². The highest BCUT2D eigenvalue weighted by molar-refractivity contribution is 7.79. The largest absolute Gasteiger partial charge is 0.469 e. The lowest BCUT2D eigenvalue weighted by molar-refractivity contribution is -0.143. The van der Waals surface area contributed by atoms with Gasteiger partial charge in [-0.3, -0.25) is 9.59 Å². The van der Waals surface area contributed by atoms with Crippen molar-refractivity contribution < 1.29 is 41.3 Å². The van der Waals surface area contributed by atoms with Crippen molar-refractivity contribution in [1.29, 1.82) is 0 Å². The van der Waals surface area contributed by atoms with Gasteiger partial charge in [-0.2, -0.15) is 0 Å². The lowest BCUT2D eigenvalue weighted by Crippen LogP contribution is -2.37. The second-order valence-electron chi connectivity index (χ2n) is 4.15. The number of hydrogen-bond donors (Lipinski definition) is 2. The predicted molar refractivity (Wildman–Crippen MR) is 81.0 cm³/mol. The molecule has 0 aliphatic rings. The van der Waals surface area contributed by atoms with Crippen molar-refractivity contribution in [1.82, 2.24) is 4.90 Å². The molecule has 0 heterocycles. The minimum atomic E-state index is -2.09. The van der Waals surface area contributed by atoms with E-state index in [1.807, 2.05) is 0 Å². The number of rotatable bonds is 13. The van der Waals surface area contributed by atoms with Gasteiger partial charge in [0.25, 0.3) is 0 Å². The maximum atomic E-state index is 12.0. The van der Waals surface area contributed by atoms with Crippen molar-refractivity contribution in [2.75, 3.05) is 45.3 Å². The van der Waals surface area contributed by atoms with Gasteiger partial charge in [0.05, 0.1) is 26.7 Å². The van der Waals surface area contributed by atoms with E-state index in [9.17, 15) is 18.0 Å². The third-order valence-corrected chi connectivity index (χ3v) is 3.24. The quantitative estimate of drug-likeness (QED) is 0.239. The van der Waals surface area contributed by atoms with Crippen LogP contribution < -0.4 is 0 Å². The number of nitrogens with zero attached hydrogens (tertiary/aromatic N) is 1. The minimum absolute atomic E-state index is 0.0300. The molecule has 0 radical (unpaired) electrons. The summed E-state index contributed by atoms with van der Waals surface area (Å²) in [6, 6.07) is 0. The summed E-state index contributed by atoms with van der Waals surface area (Å²) in [7, 11) is 1.22. The molecule has 0 spiro atoms. The monoisotopic (exact) mass is 375 g/mol. The average Bonchev–Trinajstić information content (AvgIpc) is 2.49. The Morgan fingerprint density at radius 1 is 0.957 bits per heavy atom. The summed E-state index contributed by atoms with van der Waals surface area (Å²) in [5.74, 6) is -1.61. The Labute approximate surface area is 139 Å². The van der Waals surface area contributed by atoms with Crippen molar-refractivity contribution in [3.05, 3.63) is 0 Å². The van der Waals surface area contributed by atoms with Crippen LogP contribution in [0.15, 0.2) is 0 Å². The van der Waals surface area contributed by atoms with Gasteiger partial charge in [0.15, 0.2) is 22.2 Å². The van der Waals surface area contributed by atoms with Gasteiger partial charge in [0.2, 0.25) is 5.91 Å². The molecular weight excluding hydrogens is 354 g/mol. The number of esters is 1. The molecule has 136 valence electrons. The molecule has 0 fully saturated rings. The zero-order valence-corrected chi connectivity index (χ0v) is 14.3. The molecule has 0 aromatic heterocycles. The summed E-state index contributed by atoms with van der Waals surface area (Å²) in [5.41, 5.74) is 0. The molecule has 0 aliphatic heterocycles. The summed E-state index contributed by atoms with van der Waals surface area (Å²) < 4.78 is 52.3. The molecular formula is C11H21NO9S2. The van der Waals surface area contributed by atoms with Gasteiger partial charge in [-0.1, -0.05) is 0 Å². The van der Waals surface area contributed by atoms with Gasteiger partial charge in [-0.05, 0) is 0 Å². The van der Waals surface area contributed by atoms with Gasteiger partial charge < -0.3 is 28.2 Å². The molecule has 0 aromatic carbocycles. The van der Waals surface area contributed by atoms with Gasteiger partial charge in [0.1, 0.15) is 11.9 Å². The molecule has 2 unspecified atom stereocenters. The molecule has 10 nitrogen and oxygen atoms in total. The fourth-order valence-electron chi connectivity index (χ4n) is 1.44. The lowest BCUT2D eigenvalue weighted by Gasteiger charge is -2.22. The highest BCUT2D eigenvalue weighted by atomic mass is 32.2. The van der Waals surface area contributed by atoms with Gasteiger partial charge in [-0.25, -0.2) is 8.42 Å². The number of carbonyl (C=O) groups is 2. The molecule has 2 N–H and O–H groups in total. The Morgan fingerprint density at radius 3 is 1.83 bits per heavy atom. The third kappa shape index (κ3) is 13.2. The van der Waals surface area contributed by atoms with Crippen LogP contribution in [0.25, 0.3) is 0 Å². The van der Waals surface area contributed by atoms with Crippen LogP contribution in [0, 0.1) is 0 Å². The fraction of sp³-hybridized carbons (Fsp3) is 0.818. The zero-order valence-electron chi connectivity index (χ0n) is 12.7. The minimum Gasteiger partial charge on any atom is -0.469 e. The first kappa shape index (κ1) is 22.1. The summed E-state index contributed by atoms with van der Waals surface area (Å²) in [6.07, 6.45) is -0.139. The maximum absolute atomic E-state index is 12.0. The van der Waals surface area contributed by atoms with E-state index in [0.717, 1.165) is 0 Å². The van der Waals surface area contributed by atoms with Crippen LogP contribution in [0.4, 0.5) is 0 Å². The van der Waals surface area contributed by atoms with E-state index in [1.54, 1.807) is 0 Å². The molecule has 0 aliphatic carbocycles. The standard InChI is InChI=1S/C11H21NO9S2/c1-19-11(14)3-2-10(13)12(4-6-20-8-22(15)16)5-7-21-9-23(17)18/h2-9H2,1H3,(H,15,16)(H,17,18). The van der Waals surface area contributed by atoms with Gasteiger partial charge >= 0.3 is 5.97 Å². The van der Waals surface area contributed by atoms with Crippen LogP contribution in [0.2, 0.25) is 0 Å². The Morgan fingerprint density at radius 2 is 1.43 bits per heavy atom. The topological polar surface area (TPSA) is 140 Å². The van der Waals surface area contributed by atoms with Gasteiger partial charge in [-0.15, -0.1) is 0 Å². The second-order valence-corrected chi connectivity index (χ2v) is 5.91. The van der Waals surface area contributed by atoms with Crippen molar-refractivity contribution in [3.63, 3.8) is 0 Å². The Bertz CT molecular complexity index is 396. The van der Waals surface area contributed by atoms with Crippen molar-refractivity contribution in [3.8, 4) is 0 Å². The summed E-state index contributed by atoms with van der Waals surface area (Å²) in [6.45, 7) is 0.315. The van der Waals surface area contributed by atoms with E-state index in [2.05, 4.69) is 4.74 Å². The van der Waals surface area contributed by atoms with Crippen LogP contribution in [0.5, 0.6) is 0 Å². The smallest absolute Gasteiger partial charge is 0.306 e. The van der Waals surface area contributed by atoms with E-state index < -0.39 is 28.1 Å². The molecule has 12 heteroatoms. The molecule has 0 rings (SSSR count).